The van der Waals surface area contributed by atoms with Crippen LogP contribution in [0.5, 0.6) is 0 Å². The molecule has 64 valence electrons. The van der Waals surface area contributed by atoms with Crippen molar-refractivity contribution in [1.82, 2.24) is 0 Å². The third-order valence-corrected chi connectivity index (χ3v) is 1.52. The second kappa shape index (κ2) is 3.92. The second-order valence-electron chi connectivity index (χ2n) is 2.28. The molecule has 0 radical (unpaired) electrons. The Morgan fingerprint density at radius 3 is 2.09 bits per heavy atom. The van der Waals surface area contributed by atoms with E-state index in [2.05, 4.69) is 0 Å². The summed E-state index contributed by atoms with van der Waals surface area (Å²) in [6, 6.07) is -1.18. The Bertz CT molecular complexity index is 169. The number of hydrogen-bond acceptors (Lipinski definition) is 3. The van der Waals surface area contributed by atoms with E-state index in [1.165, 1.54) is 0 Å². The summed E-state index contributed by atoms with van der Waals surface area (Å²) in [5.74, 6) is -2.63. The van der Waals surface area contributed by atoms with Crippen LogP contribution >= 0.6 is 0 Å². The second-order valence-corrected chi connectivity index (χ2v) is 2.28. The van der Waals surface area contributed by atoms with E-state index >= 15 is 0 Å². The van der Waals surface area contributed by atoms with E-state index in [4.69, 9.17) is 16.6 Å². The van der Waals surface area contributed by atoms with Crippen molar-refractivity contribution in [2.45, 2.75) is 19.4 Å². The Labute approximate surface area is 64.4 Å². The Hall–Kier alpha value is -1.10. The Kier molecular flexibility index (Phi) is 3.53. The highest BCUT2D eigenvalue weighted by atomic mass is 16.4. The van der Waals surface area contributed by atoms with E-state index in [1.807, 2.05) is 0 Å². The van der Waals surface area contributed by atoms with Gasteiger partial charge in [-0.15, -0.1) is 0 Å². The van der Waals surface area contributed by atoms with Crippen LogP contribution in [-0.4, -0.2) is 23.0 Å². The molecule has 0 aromatic heterocycles. The molecule has 0 heterocycles. The van der Waals surface area contributed by atoms with Crippen LogP contribution in [0.15, 0.2) is 0 Å². The van der Waals surface area contributed by atoms with E-state index in [-0.39, 0.29) is 0 Å². The number of amides is 1. The van der Waals surface area contributed by atoms with E-state index in [0.717, 1.165) is 0 Å². The van der Waals surface area contributed by atoms with Gasteiger partial charge in [-0.1, -0.05) is 6.92 Å². The van der Waals surface area contributed by atoms with Gasteiger partial charge in [0.05, 0.1) is 5.92 Å². The quantitative estimate of drug-likeness (QED) is 0.485. The van der Waals surface area contributed by atoms with Crippen LogP contribution in [0.1, 0.15) is 13.3 Å². The van der Waals surface area contributed by atoms with Crippen LogP contribution in [0.2, 0.25) is 0 Å². The summed E-state index contributed by atoms with van der Waals surface area (Å²) in [6.07, 6.45) is 0.350. The number of carbonyl (C=O) groups excluding carboxylic acids is 1. The summed E-state index contributed by atoms with van der Waals surface area (Å²) in [5.41, 5.74) is 10.1. The fraction of sp³-hybridized carbons (Fsp3) is 0.667. The number of carbonyl (C=O) groups is 2. The average Bonchev–Trinajstić information content (AvgIpc) is 1.88. The van der Waals surface area contributed by atoms with Gasteiger partial charge in [0.15, 0.2) is 0 Å². The van der Waals surface area contributed by atoms with E-state index < -0.39 is 23.8 Å². The number of carboxylic acid groups (broad SMARTS) is 1. The molecule has 2 unspecified atom stereocenters. The van der Waals surface area contributed by atoms with Crippen molar-refractivity contribution in [2.24, 2.45) is 17.4 Å². The minimum absolute atomic E-state index is 0.350. The minimum Gasteiger partial charge on any atom is -0.480 e. The Morgan fingerprint density at radius 1 is 1.55 bits per heavy atom. The molecule has 0 spiro atoms. The topological polar surface area (TPSA) is 106 Å². The first-order chi connectivity index (χ1) is 5.00. The Morgan fingerprint density at radius 2 is 2.00 bits per heavy atom. The van der Waals surface area contributed by atoms with Gasteiger partial charge in [-0.05, 0) is 6.42 Å². The zero-order valence-electron chi connectivity index (χ0n) is 6.28. The third kappa shape index (κ3) is 2.55. The lowest BCUT2D eigenvalue weighted by Gasteiger charge is -2.14. The standard InChI is InChI=1S/C6H12N2O3/c1-2-3(5(8)9)4(7)6(10)11/h3-4H,2,7H2,1H3,(H2,8,9)(H,10,11). The highest BCUT2D eigenvalue weighted by molar-refractivity contribution is 5.85. The van der Waals surface area contributed by atoms with Gasteiger partial charge in [0.1, 0.15) is 6.04 Å². The zero-order valence-corrected chi connectivity index (χ0v) is 6.28. The molecule has 0 saturated carbocycles. The molecule has 5 N–H and O–H groups in total. The van der Waals surface area contributed by atoms with Crippen molar-refractivity contribution in [3.05, 3.63) is 0 Å². The summed E-state index contributed by atoms with van der Waals surface area (Å²) < 4.78 is 0. The molecule has 5 heteroatoms. The fourth-order valence-corrected chi connectivity index (χ4v) is 0.804. The van der Waals surface area contributed by atoms with Crippen LogP contribution in [0.4, 0.5) is 0 Å². The van der Waals surface area contributed by atoms with Gasteiger partial charge < -0.3 is 16.6 Å². The zero-order chi connectivity index (χ0) is 9.02. The van der Waals surface area contributed by atoms with Crippen LogP contribution in [-0.2, 0) is 9.59 Å². The molecule has 5 nitrogen and oxygen atoms in total. The molecule has 0 aliphatic heterocycles. The smallest absolute Gasteiger partial charge is 0.321 e. The number of aliphatic carboxylic acids is 1. The Balaban J connectivity index is 4.25. The molecule has 0 saturated heterocycles. The molecule has 0 bridgehead atoms. The molecule has 1 amide bonds. The first-order valence-corrected chi connectivity index (χ1v) is 3.28. The first-order valence-electron chi connectivity index (χ1n) is 3.28. The van der Waals surface area contributed by atoms with Crippen LogP contribution < -0.4 is 11.5 Å². The first kappa shape index (κ1) is 9.90. The molecular formula is C6H12N2O3. The summed E-state index contributed by atoms with van der Waals surface area (Å²) >= 11 is 0. The van der Waals surface area contributed by atoms with Crippen molar-refractivity contribution in [3.8, 4) is 0 Å². The van der Waals surface area contributed by atoms with E-state index in [0.29, 0.717) is 6.42 Å². The van der Waals surface area contributed by atoms with Crippen LogP contribution in [0, 0.1) is 5.92 Å². The number of primary amides is 1. The maximum atomic E-state index is 10.6. The SMILES string of the molecule is CCC(C(N)=O)C(N)C(=O)O. The van der Waals surface area contributed by atoms with Crippen LogP contribution in [0.25, 0.3) is 0 Å². The van der Waals surface area contributed by atoms with Crippen molar-refractivity contribution in [3.63, 3.8) is 0 Å². The number of hydrogen-bond donors (Lipinski definition) is 3. The maximum absolute atomic E-state index is 10.6. The van der Waals surface area contributed by atoms with Crippen LogP contribution in [0.3, 0.4) is 0 Å². The summed E-state index contributed by atoms with van der Waals surface area (Å²) in [6.45, 7) is 1.66. The van der Waals surface area contributed by atoms with E-state index in [1.54, 1.807) is 6.92 Å². The molecule has 0 rings (SSSR count). The minimum atomic E-state index is -1.20. The van der Waals surface area contributed by atoms with Crippen molar-refractivity contribution >= 4 is 11.9 Å². The highest BCUT2D eigenvalue weighted by Crippen LogP contribution is 2.05. The number of carboxylic acids is 1. The predicted octanol–water partition coefficient (Wildman–Crippen LogP) is -1.09. The normalized spacial score (nSPS) is 15.5. The maximum Gasteiger partial charge on any atom is 0.321 e. The lowest BCUT2D eigenvalue weighted by atomic mass is 9.97. The highest BCUT2D eigenvalue weighted by Gasteiger charge is 2.26. The monoisotopic (exact) mass is 160 g/mol. The fourth-order valence-electron chi connectivity index (χ4n) is 0.804. The molecule has 2 atom stereocenters. The molecule has 0 fully saturated rings. The molecule has 0 aromatic carbocycles. The van der Waals surface area contributed by atoms with Gasteiger partial charge >= 0.3 is 5.97 Å². The van der Waals surface area contributed by atoms with Gasteiger partial charge in [-0.25, -0.2) is 0 Å². The number of rotatable bonds is 4. The van der Waals surface area contributed by atoms with E-state index in [9.17, 15) is 9.59 Å². The number of nitrogens with two attached hydrogens (primary N) is 2. The van der Waals surface area contributed by atoms with Gasteiger partial charge in [0.2, 0.25) is 5.91 Å². The third-order valence-electron chi connectivity index (χ3n) is 1.52. The lowest BCUT2D eigenvalue weighted by Crippen LogP contribution is -2.44. The molecular weight excluding hydrogens is 148 g/mol. The van der Waals surface area contributed by atoms with Crippen molar-refractivity contribution in [1.29, 1.82) is 0 Å². The lowest BCUT2D eigenvalue weighted by molar-refractivity contribution is -0.142. The predicted molar refractivity (Wildman–Crippen MR) is 38.6 cm³/mol. The van der Waals surface area contributed by atoms with Crippen molar-refractivity contribution in [2.75, 3.05) is 0 Å². The van der Waals surface area contributed by atoms with Gasteiger partial charge in [0, 0.05) is 0 Å². The average molecular weight is 160 g/mol. The van der Waals surface area contributed by atoms with Gasteiger partial charge in [-0.2, -0.15) is 0 Å². The largest absolute Gasteiger partial charge is 0.480 e. The molecule has 11 heavy (non-hydrogen) atoms. The molecule has 0 aromatic rings. The summed E-state index contributed by atoms with van der Waals surface area (Å²) in [7, 11) is 0. The molecule has 0 aliphatic rings. The van der Waals surface area contributed by atoms with Crippen molar-refractivity contribution < 1.29 is 14.7 Å². The van der Waals surface area contributed by atoms with Gasteiger partial charge in [-0.3, -0.25) is 9.59 Å². The summed E-state index contributed by atoms with van der Waals surface area (Å²) in [4.78, 5) is 20.8. The molecule has 0 aliphatic carbocycles. The summed E-state index contributed by atoms with van der Waals surface area (Å²) in [5, 5.41) is 8.40. The van der Waals surface area contributed by atoms with Gasteiger partial charge in [0.25, 0.3) is 0 Å².